The Kier molecular flexibility index (Phi) is 4.30. The smallest absolute Gasteiger partial charge is 0.119 e. The van der Waals surface area contributed by atoms with Crippen molar-refractivity contribution in [3.63, 3.8) is 0 Å². The van der Waals surface area contributed by atoms with Gasteiger partial charge in [-0.1, -0.05) is 31.9 Å². The molecule has 2 nitrogen and oxygen atoms in total. The molecule has 0 amide bonds. The summed E-state index contributed by atoms with van der Waals surface area (Å²) >= 11 is 0. The van der Waals surface area contributed by atoms with E-state index >= 15 is 0 Å². The molecule has 0 heterocycles. The third-order valence-electron chi connectivity index (χ3n) is 5.41. The normalized spacial score (nSPS) is 32.9. The third-order valence-corrected chi connectivity index (χ3v) is 5.41. The fourth-order valence-electron chi connectivity index (χ4n) is 3.80. The quantitative estimate of drug-likeness (QED) is 0.876. The fourth-order valence-corrected chi connectivity index (χ4v) is 3.80. The van der Waals surface area contributed by atoms with E-state index in [4.69, 9.17) is 4.74 Å². The Balaban J connectivity index is 1.44. The van der Waals surface area contributed by atoms with E-state index in [1.54, 1.807) is 7.11 Å². The molecule has 1 aromatic carbocycles. The molecule has 20 heavy (non-hydrogen) atoms. The predicted octanol–water partition coefficient (Wildman–Crippen LogP) is 3.97. The van der Waals surface area contributed by atoms with Gasteiger partial charge in [0.05, 0.1) is 7.11 Å². The van der Waals surface area contributed by atoms with Crippen LogP contribution in [0.1, 0.15) is 50.5 Å². The molecule has 2 atom stereocenters. The first kappa shape index (κ1) is 13.9. The van der Waals surface area contributed by atoms with Gasteiger partial charge in [-0.05, 0) is 61.3 Å². The first-order valence-electron chi connectivity index (χ1n) is 8.13. The van der Waals surface area contributed by atoms with Gasteiger partial charge in [0.1, 0.15) is 5.75 Å². The van der Waals surface area contributed by atoms with E-state index < -0.39 is 0 Å². The van der Waals surface area contributed by atoms with E-state index in [0.717, 1.165) is 29.5 Å². The molecule has 2 unspecified atom stereocenters. The van der Waals surface area contributed by atoms with Crippen molar-refractivity contribution in [2.45, 2.75) is 51.0 Å². The summed E-state index contributed by atoms with van der Waals surface area (Å²) in [6.07, 6.45) is 6.87. The van der Waals surface area contributed by atoms with Gasteiger partial charge in [0.25, 0.3) is 0 Å². The Bertz CT molecular complexity index is 439. The average Bonchev–Trinajstić information content (AvgIpc) is 2.83. The van der Waals surface area contributed by atoms with Gasteiger partial charge in [0, 0.05) is 6.04 Å². The van der Waals surface area contributed by atoms with Crippen molar-refractivity contribution in [1.82, 2.24) is 5.32 Å². The molecule has 0 bridgehead atoms. The Labute approximate surface area is 122 Å². The second kappa shape index (κ2) is 6.17. The minimum absolute atomic E-state index is 0.726. The standard InChI is InChI=1S/C18H27NO/c1-13-5-3-7-15(13)12-19-17-9-16(10-17)14-6-4-8-18(11-14)20-2/h4,6,8,11,13,15-17,19H,3,5,7,9-10,12H2,1-2H3. The van der Waals surface area contributed by atoms with Gasteiger partial charge in [-0.15, -0.1) is 0 Å². The van der Waals surface area contributed by atoms with Crippen molar-refractivity contribution < 1.29 is 4.74 Å². The van der Waals surface area contributed by atoms with Crippen LogP contribution in [0.4, 0.5) is 0 Å². The van der Waals surface area contributed by atoms with Crippen LogP contribution in [0.5, 0.6) is 5.75 Å². The minimum Gasteiger partial charge on any atom is -0.497 e. The van der Waals surface area contributed by atoms with Crippen LogP contribution in [0.15, 0.2) is 24.3 Å². The lowest BCUT2D eigenvalue weighted by molar-refractivity contribution is 0.263. The molecule has 2 fully saturated rings. The van der Waals surface area contributed by atoms with Gasteiger partial charge in [-0.2, -0.15) is 0 Å². The van der Waals surface area contributed by atoms with Crippen LogP contribution in [0.2, 0.25) is 0 Å². The van der Waals surface area contributed by atoms with E-state index in [1.165, 1.54) is 44.2 Å². The highest BCUT2D eigenvalue weighted by atomic mass is 16.5. The van der Waals surface area contributed by atoms with Crippen LogP contribution in [-0.4, -0.2) is 19.7 Å². The van der Waals surface area contributed by atoms with Gasteiger partial charge in [-0.25, -0.2) is 0 Å². The molecule has 3 rings (SSSR count). The predicted molar refractivity (Wildman–Crippen MR) is 83.3 cm³/mol. The maximum Gasteiger partial charge on any atom is 0.119 e. The zero-order valence-electron chi connectivity index (χ0n) is 12.8. The second-order valence-corrected chi connectivity index (χ2v) is 6.72. The van der Waals surface area contributed by atoms with E-state index in [1.807, 2.05) is 6.07 Å². The summed E-state index contributed by atoms with van der Waals surface area (Å²) in [5.41, 5.74) is 1.44. The number of nitrogens with one attached hydrogen (secondary N) is 1. The lowest BCUT2D eigenvalue weighted by atomic mass is 9.75. The molecule has 2 aliphatic rings. The minimum atomic E-state index is 0.726. The van der Waals surface area contributed by atoms with Crippen LogP contribution in [0.3, 0.4) is 0 Å². The first-order valence-corrected chi connectivity index (χ1v) is 8.13. The SMILES string of the molecule is COc1cccc(C2CC(NCC3CCCC3C)C2)c1. The molecule has 0 radical (unpaired) electrons. The highest BCUT2D eigenvalue weighted by Crippen LogP contribution is 2.38. The van der Waals surface area contributed by atoms with E-state index in [-0.39, 0.29) is 0 Å². The van der Waals surface area contributed by atoms with Gasteiger partial charge in [0.15, 0.2) is 0 Å². The number of ether oxygens (including phenoxy) is 1. The summed E-state index contributed by atoms with van der Waals surface area (Å²) < 4.78 is 5.31. The first-order chi connectivity index (χ1) is 9.76. The Morgan fingerprint density at radius 3 is 2.80 bits per heavy atom. The number of hydrogen-bond donors (Lipinski definition) is 1. The van der Waals surface area contributed by atoms with Gasteiger partial charge < -0.3 is 10.1 Å². The Morgan fingerprint density at radius 2 is 2.10 bits per heavy atom. The second-order valence-electron chi connectivity index (χ2n) is 6.72. The summed E-state index contributed by atoms with van der Waals surface area (Å²) in [6.45, 7) is 3.65. The molecule has 110 valence electrons. The molecule has 0 aliphatic heterocycles. The summed E-state index contributed by atoms with van der Waals surface area (Å²) in [4.78, 5) is 0. The van der Waals surface area contributed by atoms with Crippen molar-refractivity contribution in [2.75, 3.05) is 13.7 Å². The average molecular weight is 273 g/mol. The van der Waals surface area contributed by atoms with Crippen LogP contribution in [0, 0.1) is 11.8 Å². The van der Waals surface area contributed by atoms with E-state index in [9.17, 15) is 0 Å². The summed E-state index contributed by atoms with van der Waals surface area (Å²) in [7, 11) is 1.74. The lowest BCUT2D eigenvalue weighted by Crippen LogP contribution is -2.42. The lowest BCUT2D eigenvalue weighted by Gasteiger charge is -2.37. The Hall–Kier alpha value is -1.02. The van der Waals surface area contributed by atoms with Crippen LogP contribution < -0.4 is 10.1 Å². The number of rotatable bonds is 5. The van der Waals surface area contributed by atoms with Crippen molar-refractivity contribution in [3.05, 3.63) is 29.8 Å². The van der Waals surface area contributed by atoms with Gasteiger partial charge in [0.2, 0.25) is 0 Å². The van der Waals surface area contributed by atoms with Crippen LogP contribution >= 0.6 is 0 Å². The van der Waals surface area contributed by atoms with Crippen molar-refractivity contribution >= 4 is 0 Å². The highest BCUT2D eigenvalue weighted by molar-refractivity contribution is 5.32. The maximum atomic E-state index is 5.31. The van der Waals surface area contributed by atoms with Crippen molar-refractivity contribution in [1.29, 1.82) is 0 Å². The molecule has 1 N–H and O–H groups in total. The maximum absolute atomic E-state index is 5.31. The largest absolute Gasteiger partial charge is 0.497 e. The Morgan fingerprint density at radius 1 is 1.25 bits per heavy atom. The van der Waals surface area contributed by atoms with Gasteiger partial charge in [-0.3, -0.25) is 0 Å². The molecule has 0 aromatic heterocycles. The monoisotopic (exact) mass is 273 g/mol. The summed E-state index contributed by atoms with van der Waals surface area (Å²) in [5, 5.41) is 3.79. The number of hydrogen-bond acceptors (Lipinski definition) is 2. The number of methoxy groups -OCH3 is 1. The zero-order chi connectivity index (χ0) is 13.9. The van der Waals surface area contributed by atoms with E-state index in [2.05, 4.69) is 30.4 Å². The number of benzene rings is 1. The molecule has 1 aromatic rings. The van der Waals surface area contributed by atoms with Crippen LogP contribution in [-0.2, 0) is 0 Å². The van der Waals surface area contributed by atoms with Crippen LogP contribution in [0.25, 0.3) is 0 Å². The van der Waals surface area contributed by atoms with E-state index in [0.29, 0.717) is 0 Å². The van der Waals surface area contributed by atoms with Crippen molar-refractivity contribution in [2.24, 2.45) is 11.8 Å². The molecule has 0 saturated heterocycles. The fraction of sp³-hybridized carbons (Fsp3) is 0.667. The molecular weight excluding hydrogens is 246 g/mol. The highest BCUT2D eigenvalue weighted by Gasteiger charge is 2.31. The molecule has 2 saturated carbocycles. The third kappa shape index (κ3) is 3.01. The summed E-state index contributed by atoms with van der Waals surface area (Å²) in [6, 6.07) is 9.30. The molecule has 2 aliphatic carbocycles. The van der Waals surface area contributed by atoms with Gasteiger partial charge >= 0.3 is 0 Å². The molecule has 0 spiro atoms. The molecule has 2 heteroatoms. The topological polar surface area (TPSA) is 21.3 Å². The zero-order valence-corrected chi connectivity index (χ0v) is 12.8. The van der Waals surface area contributed by atoms with Crippen molar-refractivity contribution in [3.8, 4) is 5.75 Å². The summed E-state index contributed by atoms with van der Waals surface area (Å²) in [5.74, 6) is 3.56. The molecular formula is C18H27NO.